The van der Waals surface area contributed by atoms with Crippen molar-refractivity contribution >= 4 is 17.2 Å². The van der Waals surface area contributed by atoms with Crippen LogP contribution in [0.4, 0.5) is 0 Å². The van der Waals surface area contributed by atoms with Crippen molar-refractivity contribution in [2.75, 3.05) is 32.7 Å². The second kappa shape index (κ2) is 6.61. The molecule has 21 heavy (non-hydrogen) atoms. The Bertz CT molecular complexity index is 572. The molecule has 2 aliphatic heterocycles. The van der Waals surface area contributed by atoms with Crippen LogP contribution in [0.2, 0.25) is 0 Å². The van der Waals surface area contributed by atoms with Gasteiger partial charge >= 0.3 is 0 Å². The number of carbonyl (C=O) groups excluding carboxylic acids is 1. The maximum Gasteiger partial charge on any atom is 0.265 e. The fourth-order valence-corrected chi connectivity index (χ4v) is 4.02. The van der Waals surface area contributed by atoms with Gasteiger partial charge < -0.3 is 10.6 Å². The Morgan fingerprint density at radius 2 is 2.29 bits per heavy atom. The summed E-state index contributed by atoms with van der Waals surface area (Å²) in [6, 6.07) is 2.47. The zero-order valence-electron chi connectivity index (χ0n) is 12.2. The molecule has 2 saturated heterocycles. The lowest BCUT2D eigenvalue weighted by Crippen LogP contribution is -2.56. The molecule has 3 heterocycles. The highest BCUT2D eigenvalue weighted by molar-refractivity contribution is 7.12. The van der Waals surface area contributed by atoms with Crippen LogP contribution in [0.25, 0.3) is 0 Å². The van der Waals surface area contributed by atoms with Crippen molar-refractivity contribution in [2.45, 2.75) is 25.3 Å². The first-order valence-electron chi connectivity index (χ1n) is 7.59. The minimum atomic E-state index is 0.136. The minimum absolute atomic E-state index is 0.136. The number of nitrogens with zero attached hydrogens (tertiary/aromatic N) is 2. The van der Waals surface area contributed by atoms with Crippen LogP contribution in [0.15, 0.2) is 11.4 Å². The number of nitrogens with two attached hydrogens (primary N) is 1. The molecule has 4 nitrogen and oxygen atoms in total. The van der Waals surface area contributed by atoms with Crippen molar-refractivity contribution in [3.05, 3.63) is 21.9 Å². The third-order valence-electron chi connectivity index (χ3n) is 4.31. The SMILES string of the molecule is NCC#Cc1ccsc1C(=O)N1CCN2CCCCC2C1. The van der Waals surface area contributed by atoms with Gasteiger partial charge in [0.25, 0.3) is 5.91 Å². The number of piperazine rings is 1. The smallest absolute Gasteiger partial charge is 0.265 e. The van der Waals surface area contributed by atoms with Gasteiger partial charge in [-0.1, -0.05) is 18.3 Å². The molecule has 0 radical (unpaired) electrons. The van der Waals surface area contributed by atoms with Crippen LogP contribution in [0.1, 0.15) is 34.5 Å². The van der Waals surface area contributed by atoms with Gasteiger partial charge in [-0.15, -0.1) is 11.3 Å². The van der Waals surface area contributed by atoms with Gasteiger partial charge in [-0.05, 0) is 30.8 Å². The largest absolute Gasteiger partial charge is 0.335 e. The lowest BCUT2D eigenvalue weighted by Gasteiger charge is -2.43. The van der Waals surface area contributed by atoms with Crippen LogP contribution in [0.3, 0.4) is 0 Å². The Balaban J connectivity index is 1.72. The van der Waals surface area contributed by atoms with Crippen molar-refractivity contribution in [1.82, 2.24) is 9.80 Å². The molecule has 0 bridgehead atoms. The third kappa shape index (κ3) is 3.13. The fraction of sp³-hybridized carbons (Fsp3) is 0.562. The quantitative estimate of drug-likeness (QED) is 0.797. The van der Waals surface area contributed by atoms with Crippen LogP contribution in [0, 0.1) is 11.8 Å². The van der Waals surface area contributed by atoms with Gasteiger partial charge in [0.15, 0.2) is 0 Å². The average molecular weight is 303 g/mol. The predicted octanol–water partition coefficient (Wildman–Crippen LogP) is 1.37. The number of piperidine rings is 1. The number of fused-ring (bicyclic) bond motifs is 1. The van der Waals surface area contributed by atoms with E-state index in [1.807, 2.05) is 16.3 Å². The van der Waals surface area contributed by atoms with Crippen molar-refractivity contribution in [3.63, 3.8) is 0 Å². The molecular formula is C16H21N3OS. The third-order valence-corrected chi connectivity index (χ3v) is 5.21. The van der Waals surface area contributed by atoms with E-state index >= 15 is 0 Å². The van der Waals surface area contributed by atoms with Crippen molar-refractivity contribution < 1.29 is 4.79 Å². The summed E-state index contributed by atoms with van der Waals surface area (Å²) in [7, 11) is 0. The van der Waals surface area contributed by atoms with Crippen LogP contribution < -0.4 is 5.73 Å². The average Bonchev–Trinajstić information content (AvgIpc) is 3.00. The molecule has 0 aliphatic carbocycles. The standard InChI is InChI=1S/C16H21N3OS/c17-7-3-4-13-6-11-21-15(13)16(20)19-10-9-18-8-2-1-5-14(18)12-19/h6,11,14H,1-2,5,7-10,12,17H2. The highest BCUT2D eigenvalue weighted by Crippen LogP contribution is 2.24. The molecule has 1 unspecified atom stereocenters. The lowest BCUT2D eigenvalue weighted by molar-refractivity contribution is 0.0376. The van der Waals surface area contributed by atoms with Gasteiger partial charge in [-0.25, -0.2) is 0 Å². The molecule has 0 spiro atoms. The van der Waals surface area contributed by atoms with Crippen LogP contribution in [-0.2, 0) is 0 Å². The van der Waals surface area contributed by atoms with Crippen molar-refractivity contribution in [3.8, 4) is 11.8 Å². The summed E-state index contributed by atoms with van der Waals surface area (Å²) in [5, 5.41) is 1.94. The van der Waals surface area contributed by atoms with Gasteiger partial charge in [-0.2, -0.15) is 0 Å². The van der Waals surface area contributed by atoms with E-state index in [0.29, 0.717) is 12.6 Å². The predicted molar refractivity (Wildman–Crippen MR) is 85.4 cm³/mol. The molecule has 0 saturated carbocycles. The first-order chi connectivity index (χ1) is 10.3. The molecule has 5 heteroatoms. The molecule has 0 aromatic carbocycles. The maximum atomic E-state index is 12.7. The fourth-order valence-electron chi connectivity index (χ4n) is 3.20. The molecule has 1 aromatic rings. The molecule has 1 aromatic heterocycles. The normalized spacial score (nSPS) is 22.3. The summed E-state index contributed by atoms with van der Waals surface area (Å²) >= 11 is 1.48. The molecule has 2 aliphatic rings. The highest BCUT2D eigenvalue weighted by Gasteiger charge is 2.32. The summed E-state index contributed by atoms with van der Waals surface area (Å²) in [4.78, 5) is 18.0. The molecule has 2 fully saturated rings. The van der Waals surface area contributed by atoms with Gasteiger partial charge in [0, 0.05) is 31.2 Å². The molecular weight excluding hydrogens is 282 g/mol. The van der Waals surface area contributed by atoms with Crippen LogP contribution in [0.5, 0.6) is 0 Å². The van der Waals surface area contributed by atoms with E-state index < -0.39 is 0 Å². The Morgan fingerprint density at radius 3 is 3.14 bits per heavy atom. The Morgan fingerprint density at radius 1 is 1.38 bits per heavy atom. The number of amides is 1. The lowest BCUT2D eigenvalue weighted by atomic mass is 9.99. The Kier molecular flexibility index (Phi) is 4.59. The monoisotopic (exact) mass is 303 g/mol. The number of hydrogen-bond acceptors (Lipinski definition) is 4. The van der Waals surface area contributed by atoms with Crippen LogP contribution >= 0.6 is 11.3 Å². The van der Waals surface area contributed by atoms with Gasteiger partial charge in [0.05, 0.1) is 6.54 Å². The Hall–Kier alpha value is -1.35. The summed E-state index contributed by atoms with van der Waals surface area (Å²) in [5.74, 6) is 5.98. The van der Waals surface area contributed by atoms with Gasteiger partial charge in [0.2, 0.25) is 0 Å². The highest BCUT2D eigenvalue weighted by atomic mass is 32.1. The topological polar surface area (TPSA) is 49.6 Å². The molecule has 3 rings (SSSR count). The number of hydrogen-bond donors (Lipinski definition) is 1. The van der Waals surface area contributed by atoms with E-state index in [4.69, 9.17) is 5.73 Å². The minimum Gasteiger partial charge on any atom is -0.335 e. The van der Waals surface area contributed by atoms with E-state index in [-0.39, 0.29) is 5.91 Å². The first kappa shape index (κ1) is 14.6. The van der Waals surface area contributed by atoms with E-state index in [1.54, 1.807) is 0 Å². The van der Waals surface area contributed by atoms with Crippen molar-refractivity contribution in [1.29, 1.82) is 0 Å². The molecule has 1 amide bonds. The summed E-state index contributed by atoms with van der Waals surface area (Å²) < 4.78 is 0. The zero-order valence-corrected chi connectivity index (χ0v) is 13.0. The van der Waals surface area contributed by atoms with E-state index in [2.05, 4.69) is 16.7 Å². The first-order valence-corrected chi connectivity index (χ1v) is 8.47. The van der Waals surface area contributed by atoms with Gasteiger partial charge in [-0.3, -0.25) is 9.69 Å². The summed E-state index contributed by atoms with van der Waals surface area (Å²) in [6.07, 6.45) is 3.80. The second-order valence-corrected chi connectivity index (χ2v) is 6.52. The Labute approximate surface area is 129 Å². The molecule has 112 valence electrons. The summed E-state index contributed by atoms with van der Waals surface area (Å²) in [5.41, 5.74) is 6.24. The van der Waals surface area contributed by atoms with E-state index in [0.717, 1.165) is 30.1 Å². The van der Waals surface area contributed by atoms with Crippen LogP contribution in [-0.4, -0.2) is 54.5 Å². The maximum absolute atomic E-state index is 12.7. The number of thiophene rings is 1. The van der Waals surface area contributed by atoms with Crippen molar-refractivity contribution in [2.24, 2.45) is 5.73 Å². The second-order valence-electron chi connectivity index (χ2n) is 5.61. The van der Waals surface area contributed by atoms with E-state index in [1.165, 1.54) is 37.1 Å². The molecule has 2 N–H and O–H groups in total. The zero-order chi connectivity index (χ0) is 14.7. The molecule has 1 atom stereocenters. The summed E-state index contributed by atoms with van der Waals surface area (Å²) in [6.45, 7) is 4.21. The van der Waals surface area contributed by atoms with Gasteiger partial charge in [0.1, 0.15) is 4.88 Å². The number of rotatable bonds is 1. The van der Waals surface area contributed by atoms with E-state index in [9.17, 15) is 4.79 Å². The number of carbonyl (C=O) groups is 1.